The molecule has 0 aliphatic carbocycles. The first kappa shape index (κ1) is 17.1. The van der Waals surface area contributed by atoms with Gasteiger partial charge in [0.1, 0.15) is 5.58 Å². The van der Waals surface area contributed by atoms with E-state index in [1.807, 2.05) is 31.2 Å². The average molecular weight is 350 g/mol. The van der Waals surface area contributed by atoms with Crippen LogP contribution < -0.4 is 5.32 Å². The summed E-state index contributed by atoms with van der Waals surface area (Å²) in [5, 5.41) is 6.23. The SMILES string of the molecule is Cc1c(C(=O)NCCCN2CCCCC2)oc2c1ccc1ccccc12. The molecule has 0 atom stereocenters. The van der Waals surface area contributed by atoms with Crippen LogP contribution in [0, 0.1) is 6.92 Å². The quantitative estimate of drug-likeness (QED) is 0.689. The summed E-state index contributed by atoms with van der Waals surface area (Å²) in [5.41, 5.74) is 1.72. The highest BCUT2D eigenvalue weighted by atomic mass is 16.3. The molecule has 4 nitrogen and oxygen atoms in total. The summed E-state index contributed by atoms with van der Waals surface area (Å²) in [4.78, 5) is 15.1. The van der Waals surface area contributed by atoms with Gasteiger partial charge in [0.15, 0.2) is 5.76 Å². The molecule has 1 saturated heterocycles. The molecular weight excluding hydrogens is 324 g/mol. The van der Waals surface area contributed by atoms with Crippen molar-refractivity contribution in [1.29, 1.82) is 0 Å². The molecule has 0 unspecified atom stereocenters. The van der Waals surface area contributed by atoms with E-state index in [1.165, 1.54) is 32.4 Å². The number of hydrogen-bond donors (Lipinski definition) is 1. The molecule has 0 spiro atoms. The first-order valence-corrected chi connectivity index (χ1v) is 9.65. The largest absolute Gasteiger partial charge is 0.450 e. The van der Waals surface area contributed by atoms with E-state index in [2.05, 4.69) is 22.3 Å². The van der Waals surface area contributed by atoms with E-state index in [0.717, 1.165) is 40.3 Å². The van der Waals surface area contributed by atoms with Gasteiger partial charge in [0, 0.05) is 22.9 Å². The zero-order valence-corrected chi connectivity index (χ0v) is 15.4. The van der Waals surface area contributed by atoms with Crippen LogP contribution in [0.3, 0.4) is 0 Å². The number of amides is 1. The highest BCUT2D eigenvalue weighted by molar-refractivity contribution is 6.08. The van der Waals surface area contributed by atoms with E-state index < -0.39 is 0 Å². The van der Waals surface area contributed by atoms with Gasteiger partial charge in [-0.3, -0.25) is 4.79 Å². The maximum Gasteiger partial charge on any atom is 0.287 e. The molecule has 0 saturated carbocycles. The summed E-state index contributed by atoms with van der Waals surface area (Å²) in [6, 6.07) is 12.2. The molecule has 1 aromatic heterocycles. The van der Waals surface area contributed by atoms with Crippen LogP contribution in [0.15, 0.2) is 40.8 Å². The smallest absolute Gasteiger partial charge is 0.287 e. The van der Waals surface area contributed by atoms with Crippen LogP contribution in [0.1, 0.15) is 41.8 Å². The molecule has 1 amide bonds. The molecule has 0 radical (unpaired) electrons. The lowest BCUT2D eigenvalue weighted by atomic mass is 10.1. The molecule has 2 heterocycles. The van der Waals surface area contributed by atoms with Gasteiger partial charge in [0.25, 0.3) is 5.91 Å². The number of fused-ring (bicyclic) bond motifs is 3. The molecular formula is C22H26N2O2. The molecule has 26 heavy (non-hydrogen) atoms. The zero-order chi connectivity index (χ0) is 17.9. The van der Waals surface area contributed by atoms with Gasteiger partial charge in [0.05, 0.1) is 0 Å². The molecule has 0 bridgehead atoms. The summed E-state index contributed by atoms with van der Waals surface area (Å²) in [6.07, 6.45) is 4.94. The van der Waals surface area contributed by atoms with Crippen LogP contribution in [-0.4, -0.2) is 37.0 Å². The molecule has 1 aliphatic heterocycles. The van der Waals surface area contributed by atoms with Crippen LogP contribution in [0.5, 0.6) is 0 Å². The van der Waals surface area contributed by atoms with E-state index in [4.69, 9.17) is 4.42 Å². The molecule has 2 aromatic carbocycles. The third kappa shape index (κ3) is 3.34. The Hall–Kier alpha value is -2.33. The van der Waals surface area contributed by atoms with Crippen LogP contribution in [0.2, 0.25) is 0 Å². The van der Waals surface area contributed by atoms with Gasteiger partial charge in [-0.25, -0.2) is 0 Å². The van der Waals surface area contributed by atoms with E-state index in [9.17, 15) is 4.79 Å². The van der Waals surface area contributed by atoms with Crippen molar-refractivity contribution >= 4 is 27.6 Å². The van der Waals surface area contributed by atoms with Crippen molar-refractivity contribution in [1.82, 2.24) is 10.2 Å². The molecule has 1 aliphatic rings. The minimum absolute atomic E-state index is 0.110. The van der Waals surface area contributed by atoms with Crippen molar-refractivity contribution in [3.8, 4) is 0 Å². The van der Waals surface area contributed by atoms with Crippen molar-refractivity contribution in [2.45, 2.75) is 32.6 Å². The van der Waals surface area contributed by atoms with Gasteiger partial charge in [-0.2, -0.15) is 0 Å². The molecule has 136 valence electrons. The number of aryl methyl sites for hydroxylation is 1. The molecule has 3 aromatic rings. The van der Waals surface area contributed by atoms with Crippen LogP contribution >= 0.6 is 0 Å². The fourth-order valence-electron chi connectivity index (χ4n) is 3.93. The lowest BCUT2D eigenvalue weighted by Gasteiger charge is -2.26. The second kappa shape index (κ2) is 7.50. The number of nitrogens with zero attached hydrogens (tertiary/aromatic N) is 1. The summed E-state index contributed by atoms with van der Waals surface area (Å²) < 4.78 is 6.00. The third-order valence-electron chi connectivity index (χ3n) is 5.42. The normalized spacial score (nSPS) is 15.6. The van der Waals surface area contributed by atoms with Crippen LogP contribution in [-0.2, 0) is 0 Å². The van der Waals surface area contributed by atoms with Crippen LogP contribution in [0.25, 0.3) is 21.7 Å². The van der Waals surface area contributed by atoms with Crippen molar-refractivity contribution in [3.63, 3.8) is 0 Å². The predicted octanol–water partition coefficient (Wildman–Crippen LogP) is 4.50. The summed E-state index contributed by atoms with van der Waals surface area (Å²) in [7, 11) is 0. The number of furan rings is 1. The van der Waals surface area contributed by atoms with E-state index >= 15 is 0 Å². The van der Waals surface area contributed by atoms with Gasteiger partial charge in [-0.1, -0.05) is 42.8 Å². The fraction of sp³-hybridized carbons (Fsp3) is 0.409. The Morgan fingerprint density at radius 2 is 1.88 bits per heavy atom. The van der Waals surface area contributed by atoms with Crippen LogP contribution in [0.4, 0.5) is 0 Å². The number of nitrogens with one attached hydrogen (secondary N) is 1. The Bertz CT molecular complexity index is 922. The first-order chi connectivity index (χ1) is 12.7. The Morgan fingerprint density at radius 3 is 2.73 bits per heavy atom. The first-order valence-electron chi connectivity index (χ1n) is 9.65. The Labute approximate surface area is 154 Å². The lowest BCUT2D eigenvalue weighted by Crippen LogP contribution is -2.33. The number of likely N-dealkylation sites (tertiary alicyclic amines) is 1. The Balaban J connectivity index is 1.44. The minimum Gasteiger partial charge on any atom is -0.450 e. The standard InChI is InChI=1S/C22H26N2O2/c1-16-18-11-10-17-8-3-4-9-19(17)21(18)26-20(16)22(25)23-12-7-15-24-13-5-2-6-14-24/h3-4,8-11H,2,5-7,12-15H2,1H3,(H,23,25). The average Bonchev–Trinajstić information content (AvgIpc) is 3.03. The van der Waals surface area contributed by atoms with Crippen molar-refractivity contribution in [2.24, 2.45) is 0 Å². The molecule has 4 rings (SSSR count). The number of rotatable bonds is 5. The van der Waals surface area contributed by atoms with Gasteiger partial charge in [-0.05, 0) is 51.2 Å². The number of piperidine rings is 1. The molecule has 1 N–H and O–H groups in total. The second-order valence-electron chi connectivity index (χ2n) is 7.23. The number of benzene rings is 2. The summed E-state index contributed by atoms with van der Waals surface area (Å²) >= 11 is 0. The van der Waals surface area contributed by atoms with Gasteiger partial charge in [-0.15, -0.1) is 0 Å². The van der Waals surface area contributed by atoms with Gasteiger partial charge in [0.2, 0.25) is 0 Å². The van der Waals surface area contributed by atoms with Gasteiger partial charge >= 0.3 is 0 Å². The molecule has 4 heteroatoms. The highest BCUT2D eigenvalue weighted by Crippen LogP contribution is 2.31. The predicted molar refractivity (Wildman–Crippen MR) is 106 cm³/mol. The topological polar surface area (TPSA) is 45.5 Å². The maximum atomic E-state index is 12.6. The monoisotopic (exact) mass is 350 g/mol. The molecule has 1 fully saturated rings. The van der Waals surface area contributed by atoms with Crippen molar-refractivity contribution < 1.29 is 9.21 Å². The minimum atomic E-state index is -0.110. The summed E-state index contributed by atoms with van der Waals surface area (Å²) in [5.74, 6) is 0.329. The number of hydrogen-bond acceptors (Lipinski definition) is 3. The summed E-state index contributed by atoms with van der Waals surface area (Å²) in [6.45, 7) is 6.10. The Morgan fingerprint density at radius 1 is 1.08 bits per heavy atom. The third-order valence-corrected chi connectivity index (χ3v) is 5.42. The fourth-order valence-corrected chi connectivity index (χ4v) is 3.93. The van der Waals surface area contributed by atoms with Gasteiger partial charge < -0.3 is 14.6 Å². The van der Waals surface area contributed by atoms with Crippen molar-refractivity contribution in [3.05, 3.63) is 47.7 Å². The van der Waals surface area contributed by atoms with E-state index in [0.29, 0.717) is 12.3 Å². The van der Waals surface area contributed by atoms with E-state index in [-0.39, 0.29) is 5.91 Å². The number of carbonyl (C=O) groups is 1. The number of carbonyl (C=O) groups excluding carboxylic acids is 1. The maximum absolute atomic E-state index is 12.6. The zero-order valence-electron chi connectivity index (χ0n) is 15.4. The Kier molecular flexibility index (Phi) is 4.93. The van der Waals surface area contributed by atoms with E-state index in [1.54, 1.807) is 0 Å². The lowest BCUT2D eigenvalue weighted by molar-refractivity contribution is 0.0925. The second-order valence-corrected chi connectivity index (χ2v) is 7.23. The highest BCUT2D eigenvalue weighted by Gasteiger charge is 2.18. The van der Waals surface area contributed by atoms with Crippen molar-refractivity contribution in [2.75, 3.05) is 26.2 Å².